The number of benzene rings is 2. The molecule has 9 heteroatoms. The highest BCUT2D eigenvalue weighted by atomic mass is 19.2. The van der Waals surface area contributed by atoms with E-state index in [0.29, 0.717) is 24.9 Å². The summed E-state index contributed by atoms with van der Waals surface area (Å²) in [6, 6.07) is 4.89. The predicted octanol–water partition coefficient (Wildman–Crippen LogP) is 2.75. The SMILES string of the molecule is O=C(CN1CCCc2cc(F)cc(F)c21)NCC(=O)Nc1ccc(F)c(F)c1. The van der Waals surface area contributed by atoms with Gasteiger partial charge < -0.3 is 15.5 Å². The van der Waals surface area contributed by atoms with E-state index in [1.807, 2.05) is 0 Å². The van der Waals surface area contributed by atoms with Crippen molar-refractivity contribution in [3.8, 4) is 0 Å². The minimum Gasteiger partial charge on any atom is -0.360 e. The first-order valence-electron chi connectivity index (χ1n) is 8.58. The zero-order valence-corrected chi connectivity index (χ0v) is 14.7. The van der Waals surface area contributed by atoms with E-state index in [0.717, 1.165) is 18.2 Å². The van der Waals surface area contributed by atoms with Crippen LogP contribution in [0.4, 0.5) is 28.9 Å². The molecular formula is C19H17F4N3O2. The van der Waals surface area contributed by atoms with Gasteiger partial charge in [-0.2, -0.15) is 0 Å². The molecule has 0 spiro atoms. The van der Waals surface area contributed by atoms with Crippen LogP contribution < -0.4 is 15.5 Å². The van der Waals surface area contributed by atoms with Gasteiger partial charge in [0.2, 0.25) is 11.8 Å². The molecule has 0 aliphatic carbocycles. The molecule has 5 nitrogen and oxygen atoms in total. The van der Waals surface area contributed by atoms with E-state index in [4.69, 9.17) is 0 Å². The van der Waals surface area contributed by atoms with Crippen molar-refractivity contribution in [3.63, 3.8) is 0 Å². The smallest absolute Gasteiger partial charge is 0.243 e. The van der Waals surface area contributed by atoms with Gasteiger partial charge in [-0.1, -0.05) is 0 Å². The quantitative estimate of drug-likeness (QED) is 0.766. The van der Waals surface area contributed by atoms with Crippen molar-refractivity contribution in [2.24, 2.45) is 0 Å². The molecule has 2 aromatic rings. The average Bonchev–Trinajstić information content (AvgIpc) is 2.63. The van der Waals surface area contributed by atoms with Gasteiger partial charge in [0.1, 0.15) is 11.6 Å². The summed E-state index contributed by atoms with van der Waals surface area (Å²) in [5.74, 6) is -4.72. The molecule has 28 heavy (non-hydrogen) atoms. The van der Waals surface area contributed by atoms with Crippen molar-refractivity contribution in [1.29, 1.82) is 0 Å². The number of halogens is 4. The lowest BCUT2D eigenvalue weighted by Gasteiger charge is -2.31. The van der Waals surface area contributed by atoms with Crippen LogP contribution in [0.1, 0.15) is 12.0 Å². The minimum atomic E-state index is -1.11. The van der Waals surface area contributed by atoms with Crippen LogP contribution >= 0.6 is 0 Å². The first-order chi connectivity index (χ1) is 13.3. The topological polar surface area (TPSA) is 61.4 Å². The van der Waals surface area contributed by atoms with E-state index in [1.54, 1.807) is 0 Å². The lowest BCUT2D eigenvalue weighted by molar-refractivity contribution is -0.123. The van der Waals surface area contributed by atoms with E-state index in [2.05, 4.69) is 10.6 Å². The molecule has 1 aliphatic heterocycles. The van der Waals surface area contributed by atoms with Crippen molar-refractivity contribution in [3.05, 3.63) is 59.2 Å². The molecule has 2 N–H and O–H groups in total. The van der Waals surface area contributed by atoms with Crippen LogP contribution in [-0.2, 0) is 16.0 Å². The van der Waals surface area contributed by atoms with Crippen LogP contribution in [0.2, 0.25) is 0 Å². The normalized spacial score (nSPS) is 13.1. The van der Waals surface area contributed by atoms with E-state index >= 15 is 0 Å². The molecule has 1 aliphatic rings. The maximum Gasteiger partial charge on any atom is 0.243 e. The Morgan fingerprint density at radius 1 is 0.964 bits per heavy atom. The number of carbonyl (C=O) groups is 2. The molecule has 2 aromatic carbocycles. The molecule has 0 fully saturated rings. The zero-order valence-electron chi connectivity index (χ0n) is 14.7. The van der Waals surface area contributed by atoms with Crippen molar-refractivity contribution >= 4 is 23.2 Å². The molecular weight excluding hydrogens is 378 g/mol. The number of anilines is 2. The number of nitrogens with zero attached hydrogens (tertiary/aromatic N) is 1. The lowest BCUT2D eigenvalue weighted by Crippen LogP contribution is -2.42. The summed E-state index contributed by atoms with van der Waals surface area (Å²) in [5.41, 5.74) is 0.730. The van der Waals surface area contributed by atoms with Crippen LogP contribution in [0.3, 0.4) is 0 Å². The van der Waals surface area contributed by atoms with E-state index in [-0.39, 0.29) is 17.9 Å². The number of nitrogens with one attached hydrogen (secondary N) is 2. The van der Waals surface area contributed by atoms with Crippen LogP contribution in [0, 0.1) is 23.3 Å². The van der Waals surface area contributed by atoms with Gasteiger partial charge in [0.25, 0.3) is 0 Å². The summed E-state index contributed by atoms with van der Waals surface area (Å²) in [5, 5.41) is 4.70. The van der Waals surface area contributed by atoms with Gasteiger partial charge in [0.05, 0.1) is 18.8 Å². The highest BCUT2D eigenvalue weighted by Gasteiger charge is 2.23. The number of aryl methyl sites for hydroxylation is 1. The summed E-state index contributed by atoms with van der Waals surface area (Å²) in [6.07, 6.45) is 1.15. The zero-order chi connectivity index (χ0) is 20.3. The molecule has 3 rings (SSSR count). The molecule has 1 heterocycles. The van der Waals surface area contributed by atoms with E-state index in [1.165, 1.54) is 17.0 Å². The van der Waals surface area contributed by atoms with Gasteiger partial charge >= 0.3 is 0 Å². The first-order valence-corrected chi connectivity index (χ1v) is 8.58. The Bertz CT molecular complexity index is 920. The molecule has 0 saturated carbocycles. The van der Waals surface area contributed by atoms with Gasteiger partial charge in [-0.15, -0.1) is 0 Å². The molecule has 0 unspecified atom stereocenters. The molecule has 2 amide bonds. The summed E-state index contributed by atoms with van der Waals surface area (Å²) in [4.78, 5) is 25.5. The van der Waals surface area contributed by atoms with Gasteiger partial charge in [0.15, 0.2) is 11.6 Å². The van der Waals surface area contributed by atoms with Crippen molar-refractivity contribution in [1.82, 2.24) is 5.32 Å². The minimum absolute atomic E-state index is 0.0483. The highest BCUT2D eigenvalue weighted by molar-refractivity contribution is 5.95. The van der Waals surface area contributed by atoms with Crippen molar-refractivity contribution < 1.29 is 27.2 Å². The molecule has 0 aromatic heterocycles. The van der Waals surface area contributed by atoms with E-state index in [9.17, 15) is 27.2 Å². The van der Waals surface area contributed by atoms with Crippen molar-refractivity contribution in [2.45, 2.75) is 12.8 Å². The number of hydrogen-bond donors (Lipinski definition) is 2. The molecule has 148 valence electrons. The van der Waals surface area contributed by atoms with Gasteiger partial charge in [-0.25, -0.2) is 17.6 Å². The number of fused-ring (bicyclic) bond motifs is 1. The van der Waals surface area contributed by atoms with Crippen molar-refractivity contribution in [2.75, 3.05) is 29.9 Å². The van der Waals surface area contributed by atoms with Crippen LogP contribution in [0.5, 0.6) is 0 Å². The number of hydrogen-bond acceptors (Lipinski definition) is 3. The number of carbonyl (C=O) groups excluding carboxylic acids is 2. The van der Waals surface area contributed by atoms with E-state index < -0.39 is 41.6 Å². The Balaban J connectivity index is 1.55. The monoisotopic (exact) mass is 395 g/mol. The van der Waals surface area contributed by atoms with Gasteiger partial charge in [0, 0.05) is 24.4 Å². The van der Waals surface area contributed by atoms with Gasteiger partial charge in [-0.3, -0.25) is 9.59 Å². The predicted molar refractivity (Wildman–Crippen MR) is 94.9 cm³/mol. The summed E-state index contributed by atoms with van der Waals surface area (Å²) in [7, 11) is 0. The Hall–Kier alpha value is -3.10. The fourth-order valence-electron chi connectivity index (χ4n) is 3.08. The second-order valence-corrected chi connectivity index (χ2v) is 6.37. The fourth-order valence-corrected chi connectivity index (χ4v) is 3.08. The number of rotatable bonds is 5. The summed E-state index contributed by atoms with van der Waals surface area (Å²) < 4.78 is 53.5. The molecule has 0 saturated heterocycles. The largest absolute Gasteiger partial charge is 0.360 e. The third kappa shape index (κ3) is 4.59. The first kappa shape index (κ1) is 19.7. The molecule has 0 atom stereocenters. The second-order valence-electron chi connectivity index (χ2n) is 6.37. The average molecular weight is 395 g/mol. The highest BCUT2D eigenvalue weighted by Crippen LogP contribution is 2.30. The number of amides is 2. The summed E-state index contributed by atoms with van der Waals surface area (Å²) >= 11 is 0. The maximum absolute atomic E-state index is 14.1. The van der Waals surface area contributed by atoms with Crippen LogP contribution in [-0.4, -0.2) is 31.4 Å². The fraction of sp³-hybridized carbons (Fsp3) is 0.263. The lowest BCUT2D eigenvalue weighted by atomic mass is 10.0. The maximum atomic E-state index is 14.1. The van der Waals surface area contributed by atoms with Gasteiger partial charge in [-0.05, 0) is 36.6 Å². The second kappa shape index (κ2) is 8.28. The Labute approximate surface area is 158 Å². The Kier molecular flexibility index (Phi) is 5.81. The third-order valence-corrected chi connectivity index (χ3v) is 4.28. The molecule has 0 radical (unpaired) electrons. The standard InChI is InChI=1S/C19H17F4N3O2/c20-12-6-11-2-1-5-26(19(11)16(23)7-12)10-18(28)24-9-17(27)25-13-3-4-14(21)15(22)8-13/h3-4,6-8H,1-2,5,9-10H2,(H,24,28)(H,25,27). The Morgan fingerprint density at radius 3 is 2.50 bits per heavy atom. The third-order valence-electron chi connectivity index (χ3n) is 4.28. The Morgan fingerprint density at radius 2 is 1.75 bits per heavy atom. The molecule has 0 bridgehead atoms. The summed E-state index contributed by atoms with van der Waals surface area (Å²) in [6.45, 7) is -0.178. The van der Waals surface area contributed by atoms with Crippen LogP contribution in [0.15, 0.2) is 30.3 Å². The van der Waals surface area contributed by atoms with Crippen LogP contribution in [0.25, 0.3) is 0 Å².